The van der Waals surface area contributed by atoms with Crippen LogP contribution in [0.4, 0.5) is 0 Å². The number of halogens is 2. The topological polar surface area (TPSA) is 49.4 Å². The summed E-state index contributed by atoms with van der Waals surface area (Å²) >= 11 is 13.3. The molecule has 0 aliphatic carbocycles. The highest BCUT2D eigenvalue weighted by Crippen LogP contribution is 2.22. The van der Waals surface area contributed by atoms with Gasteiger partial charge < -0.3 is 10.2 Å². The maximum absolute atomic E-state index is 12.9. The SMILES string of the molecule is CC[C@@H](C(=O)NC)N(Cc1ccc(Cl)cc1)C(=O)CSc1ccc(Cl)cc1. The molecule has 0 fully saturated rings. The van der Waals surface area contributed by atoms with E-state index in [9.17, 15) is 9.59 Å². The lowest BCUT2D eigenvalue weighted by Crippen LogP contribution is -2.48. The standard InChI is InChI=1S/C20H22Cl2N2O2S/c1-3-18(20(26)23-2)24(12-14-4-6-15(21)7-5-14)19(25)13-27-17-10-8-16(22)9-11-17/h4-11,18H,3,12-13H2,1-2H3,(H,23,26)/t18-/m0/s1. The predicted molar refractivity (Wildman–Crippen MR) is 112 cm³/mol. The van der Waals surface area contributed by atoms with Crippen molar-refractivity contribution in [2.75, 3.05) is 12.8 Å². The second-order valence-corrected chi connectivity index (χ2v) is 7.85. The van der Waals surface area contributed by atoms with Gasteiger partial charge in [-0.25, -0.2) is 0 Å². The number of benzene rings is 2. The van der Waals surface area contributed by atoms with Crippen LogP contribution in [0.5, 0.6) is 0 Å². The van der Waals surface area contributed by atoms with Crippen LogP contribution >= 0.6 is 35.0 Å². The molecular weight excluding hydrogens is 403 g/mol. The summed E-state index contributed by atoms with van der Waals surface area (Å²) in [5, 5.41) is 3.94. The molecule has 7 heteroatoms. The second kappa shape index (κ2) is 10.6. The van der Waals surface area contributed by atoms with Crippen molar-refractivity contribution in [2.45, 2.75) is 30.8 Å². The molecule has 1 N–H and O–H groups in total. The number of carbonyl (C=O) groups is 2. The maximum Gasteiger partial charge on any atom is 0.242 e. The fourth-order valence-electron chi connectivity index (χ4n) is 2.63. The summed E-state index contributed by atoms with van der Waals surface area (Å²) in [5.41, 5.74) is 0.923. The van der Waals surface area contributed by atoms with Crippen LogP contribution < -0.4 is 5.32 Å². The van der Waals surface area contributed by atoms with Crippen LogP contribution in [0.2, 0.25) is 10.0 Å². The molecule has 2 aromatic carbocycles. The lowest BCUT2D eigenvalue weighted by molar-refractivity contribution is -0.139. The summed E-state index contributed by atoms with van der Waals surface area (Å²) in [6.07, 6.45) is 0.532. The zero-order chi connectivity index (χ0) is 19.8. The lowest BCUT2D eigenvalue weighted by Gasteiger charge is -2.30. The van der Waals surface area contributed by atoms with Crippen molar-refractivity contribution in [3.63, 3.8) is 0 Å². The van der Waals surface area contributed by atoms with Gasteiger partial charge in [0.25, 0.3) is 0 Å². The van der Waals surface area contributed by atoms with Gasteiger partial charge in [0.05, 0.1) is 5.75 Å². The monoisotopic (exact) mass is 424 g/mol. The molecular formula is C20H22Cl2N2O2S. The fraction of sp³-hybridized carbons (Fsp3) is 0.300. The molecule has 0 heterocycles. The van der Waals surface area contributed by atoms with Crippen LogP contribution in [0.25, 0.3) is 0 Å². The number of thioether (sulfide) groups is 1. The maximum atomic E-state index is 12.9. The van der Waals surface area contributed by atoms with Gasteiger partial charge in [0.15, 0.2) is 0 Å². The molecule has 0 spiro atoms. The Kier molecular flexibility index (Phi) is 8.48. The highest BCUT2D eigenvalue weighted by Gasteiger charge is 2.27. The van der Waals surface area contributed by atoms with Crippen molar-refractivity contribution in [2.24, 2.45) is 0 Å². The molecule has 0 bridgehead atoms. The average Bonchev–Trinajstić information content (AvgIpc) is 2.68. The van der Waals surface area contributed by atoms with Crippen LogP contribution in [0.3, 0.4) is 0 Å². The van der Waals surface area contributed by atoms with Crippen molar-refractivity contribution in [1.29, 1.82) is 0 Å². The van der Waals surface area contributed by atoms with Crippen molar-refractivity contribution in [3.05, 3.63) is 64.1 Å². The van der Waals surface area contributed by atoms with E-state index in [0.717, 1.165) is 10.5 Å². The van der Waals surface area contributed by atoms with Crippen LogP contribution in [0.15, 0.2) is 53.4 Å². The Bertz CT molecular complexity index is 767. The third-order valence-electron chi connectivity index (χ3n) is 4.07. The molecule has 2 amide bonds. The van der Waals surface area contributed by atoms with Gasteiger partial charge in [0.2, 0.25) is 11.8 Å². The van der Waals surface area contributed by atoms with Gasteiger partial charge in [0.1, 0.15) is 6.04 Å². The van der Waals surface area contributed by atoms with Gasteiger partial charge in [-0.05, 0) is 48.4 Å². The summed E-state index contributed by atoms with van der Waals surface area (Å²) in [4.78, 5) is 27.8. The quantitative estimate of drug-likeness (QED) is 0.627. The minimum atomic E-state index is -0.524. The molecule has 4 nitrogen and oxygen atoms in total. The summed E-state index contributed by atoms with van der Waals surface area (Å²) < 4.78 is 0. The largest absolute Gasteiger partial charge is 0.357 e. The highest BCUT2D eigenvalue weighted by molar-refractivity contribution is 8.00. The van der Waals surface area contributed by atoms with Crippen LogP contribution in [-0.4, -0.2) is 35.6 Å². The van der Waals surface area contributed by atoms with E-state index in [4.69, 9.17) is 23.2 Å². The molecule has 0 aromatic heterocycles. The smallest absolute Gasteiger partial charge is 0.242 e. The Balaban J connectivity index is 2.15. The number of nitrogens with zero attached hydrogens (tertiary/aromatic N) is 1. The lowest BCUT2D eigenvalue weighted by atomic mass is 10.1. The summed E-state index contributed by atoms with van der Waals surface area (Å²) in [6.45, 7) is 2.25. The number of amides is 2. The fourth-order valence-corrected chi connectivity index (χ4v) is 3.67. The Morgan fingerprint density at radius 1 is 1.04 bits per heavy atom. The minimum absolute atomic E-state index is 0.0969. The molecule has 2 rings (SSSR count). The van der Waals surface area contributed by atoms with E-state index >= 15 is 0 Å². The Labute approximate surface area is 174 Å². The van der Waals surface area contributed by atoms with Crippen LogP contribution in [0, 0.1) is 0 Å². The van der Waals surface area contributed by atoms with Crippen molar-refractivity contribution < 1.29 is 9.59 Å². The molecule has 1 atom stereocenters. The molecule has 0 radical (unpaired) electrons. The molecule has 2 aromatic rings. The van der Waals surface area contributed by atoms with E-state index in [0.29, 0.717) is 23.0 Å². The van der Waals surface area contributed by atoms with E-state index in [-0.39, 0.29) is 17.6 Å². The Hall–Kier alpha value is -1.69. The van der Waals surface area contributed by atoms with Gasteiger partial charge in [-0.3, -0.25) is 9.59 Å². The first kappa shape index (κ1) is 21.6. The van der Waals surface area contributed by atoms with E-state index in [1.807, 2.05) is 31.2 Å². The normalized spacial score (nSPS) is 11.7. The van der Waals surface area contributed by atoms with Gasteiger partial charge in [-0.15, -0.1) is 11.8 Å². The molecule has 0 aliphatic heterocycles. The molecule has 144 valence electrons. The summed E-state index contributed by atoms with van der Waals surface area (Å²) in [7, 11) is 1.58. The van der Waals surface area contributed by atoms with Crippen LogP contribution in [0.1, 0.15) is 18.9 Å². The molecule has 0 saturated heterocycles. The summed E-state index contributed by atoms with van der Waals surface area (Å²) in [5.74, 6) is -0.0282. The zero-order valence-corrected chi connectivity index (χ0v) is 17.6. The van der Waals surface area contributed by atoms with E-state index in [1.54, 1.807) is 36.2 Å². The van der Waals surface area contributed by atoms with Gasteiger partial charge in [0, 0.05) is 28.5 Å². The highest BCUT2D eigenvalue weighted by atomic mass is 35.5. The third kappa shape index (κ3) is 6.45. The first-order valence-corrected chi connectivity index (χ1v) is 10.3. The van der Waals surface area contributed by atoms with Gasteiger partial charge in [-0.1, -0.05) is 42.3 Å². The summed E-state index contributed by atoms with van der Waals surface area (Å²) in [6, 6.07) is 14.1. The van der Waals surface area contributed by atoms with Gasteiger partial charge >= 0.3 is 0 Å². The first-order valence-electron chi connectivity index (χ1n) is 8.58. The molecule has 0 aliphatic rings. The molecule has 0 unspecified atom stereocenters. The number of nitrogens with one attached hydrogen (secondary N) is 1. The average molecular weight is 425 g/mol. The molecule has 0 saturated carbocycles. The first-order chi connectivity index (χ1) is 12.9. The Morgan fingerprint density at radius 2 is 1.59 bits per heavy atom. The Morgan fingerprint density at radius 3 is 2.11 bits per heavy atom. The number of carbonyl (C=O) groups excluding carboxylic acids is 2. The van der Waals surface area contributed by atoms with E-state index < -0.39 is 6.04 Å². The van der Waals surface area contributed by atoms with E-state index in [1.165, 1.54) is 11.8 Å². The number of hydrogen-bond acceptors (Lipinski definition) is 3. The van der Waals surface area contributed by atoms with Crippen molar-refractivity contribution >= 4 is 46.8 Å². The molecule has 27 heavy (non-hydrogen) atoms. The zero-order valence-electron chi connectivity index (χ0n) is 15.2. The van der Waals surface area contributed by atoms with E-state index in [2.05, 4.69) is 5.32 Å². The van der Waals surface area contributed by atoms with Crippen molar-refractivity contribution in [1.82, 2.24) is 10.2 Å². The number of hydrogen-bond donors (Lipinski definition) is 1. The number of likely N-dealkylation sites (N-methyl/N-ethyl adjacent to an activating group) is 1. The van der Waals surface area contributed by atoms with Gasteiger partial charge in [-0.2, -0.15) is 0 Å². The predicted octanol–water partition coefficient (Wildman–Crippen LogP) is 4.64. The van der Waals surface area contributed by atoms with Crippen LogP contribution in [-0.2, 0) is 16.1 Å². The second-order valence-electron chi connectivity index (χ2n) is 5.93. The third-order valence-corrected chi connectivity index (χ3v) is 5.58. The number of rotatable bonds is 8. The van der Waals surface area contributed by atoms with Crippen molar-refractivity contribution in [3.8, 4) is 0 Å². The minimum Gasteiger partial charge on any atom is -0.357 e.